The maximum Gasteiger partial charge on any atom is 0.245 e. The highest BCUT2D eigenvalue weighted by atomic mass is 16.5. The van der Waals surface area contributed by atoms with Gasteiger partial charge in [0.1, 0.15) is 6.04 Å². The number of amides is 2. The summed E-state index contributed by atoms with van der Waals surface area (Å²) >= 11 is 0. The van der Waals surface area contributed by atoms with E-state index < -0.39 is 6.04 Å². The molecule has 1 aliphatic rings. The summed E-state index contributed by atoms with van der Waals surface area (Å²) in [5.41, 5.74) is 9.17. The van der Waals surface area contributed by atoms with E-state index in [2.05, 4.69) is 27.8 Å². The largest absolute Gasteiger partial charge is 0.493 e. The van der Waals surface area contributed by atoms with Crippen molar-refractivity contribution in [2.75, 3.05) is 14.2 Å². The molecule has 0 saturated heterocycles. The van der Waals surface area contributed by atoms with Crippen molar-refractivity contribution in [3.05, 3.63) is 59.2 Å². The van der Waals surface area contributed by atoms with Crippen LogP contribution in [0.2, 0.25) is 0 Å². The van der Waals surface area contributed by atoms with Crippen molar-refractivity contribution in [2.45, 2.75) is 51.6 Å². The Bertz CT molecular complexity index is 1050. The van der Waals surface area contributed by atoms with Crippen molar-refractivity contribution in [1.29, 1.82) is 0 Å². The van der Waals surface area contributed by atoms with Gasteiger partial charge in [-0.1, -0.05) is 44.2 Å². The second kappa shape index (κ2) is 11.5. The Morgan fingerprint density at radius 3 is 2.56 bits per heavy atom. The number of fused-ring (bicyclic) bond motifs is 1. The van der Waals surface area contributed by atoms with E-state index in [9.17, 15) is 9.59 Å². The number of carbonyl (C=O) groups excluding carboxylic acids is 2. The fraction of sp³-hybridized carbons (Fsp3) is 0.423. The Balaban J connectivity index is 1.65. The average Bonchev–Trinajstić information content (AvgIpc) is 3.20. The summed E-state index contributed by atoms with van der Waals surface area (Å²) in [4.78, 5) is 30.0. The zero-order valence-electron chi connectivity index (χ0n) is 20.3. The SMILES string of the molecule is COc1ccc(CC(=O)NC(N)=NC(CC(C)C)C(=O)NC2CCc3ccccc32)cc1OC. The van der Waals surface area contributed by atoms with E-state index in [0.29, 0.717) is 17.9 Å². The Hall–Kier alpha value is -3.55. The van der Waals surface area contributed by atoms with E-state index in [-0.39, 0.29) is 36.2 Å². The van der Waals surface area contributed by atoms with Gasteiger partial charge in [0, 0.05) is 0 Å². The number of carbonyl (C=O) groups is 2. The molecular weight excluding hydrogens is 432 g/mol. The zero-order chi connectivity index (χ0) is 24.7. The maximum atomic E-state index is 13.1. The first-order chi connectivity index (χ1) is 16.3. The quantitative estimate of drug-likeness (QED) is 0.388. The third-order valence-electron chi connectivity index (χ3n) is 5.82. The molecule has 2 aromatic rings. The summed E-state index contributed by atoms with van der Waals surface area (Å²) in [6, 6.07) is 12.7. The second-order valence-corrected chi connectivity index (χ2v) is 8.87. The molecule has 0 fully saturated rings. The molecule has 3 rings (SSSR count). The molecule has 2 unspecified atom stereocenters. The molecule has 0 aliphatic heterocycles. The highest BCUT2D eigenvalue weighted by molar-refractivity contribution is 5.98. The topological polar surface area (TPSA) is 115 Å². The van der Waals surface area contributed by atoms with E-state index in [4.69, 9.17) is 15.2 Å². The number of rotatable bonds is 9. The van der Waals surface area contributed by atoms with Gasteiger partial charge in [-0.05, 0) is 54.0 Å². The molecule has 2 amide bonds. The van der Waals surface area contributed by atoms with Crippen LogP contribution in [0.5, 0.6) is 11.5 Å². The van der Waals surface area contributed by atoms with Gasteiger partial charge in [0.25, 0.3) is 0 Å². The van der Waals surface area contributed by atoms with Crippen LogP contribution in [-0.2, 0) is 22.4 Å². The average molecular weight is 467 g/mol. The second-order valence-electron chi connectivity index (χ2n) is 8.87. The molecule has 0 saturated carbocycles. The van der Waals surface area contributed by atoms with Gasteiger partial charge >= 0.3 is 0 Å². The summed E-state index contributed by atoms with van der Waals surface area (Å²) < 4.78 is 10.5. The molecule has 0 radical (unpaired) electrons. The van der Waals surface area contributed by atoms with E-state index in [0.717, 1.165) is 24.0 Å². The Morgan fingerprint density at radius 1 is 1.12 bits per heavy atom. The van der Waals surface area contributed by atoms with Gasteiger partial charge in [-0.2, -0.15) is 0 Å². The number of hydrogen-bond acceptors (Lipinski definition) is 5. The smallest absolute Gasteiger partial charge is 0.245 e. The van der Waals surface area contributed by atoms with Gasteiger partial charge in [-0.25, -0.2) is 4.99 Å². The first kappa shape index (κ1) is 25.1. The lowest BCUT2D eigenvalue weighted by Crippen LogP contribution is -2.42. The standard InChI is InChI=1S/C26H34N4O4/c1-16(2)13-21(25(32)28-20-11-10-18-7-5-6-8-19(18)20)29-26(27)30-24(31)15-17-9-12-22(33-3)23(14-17)34-4/h5-9,12,14,16,20-21H,10-11,13,15H2,1-4H3,(H,28,32)(H3,27,29,30,31). The van der Waals surface area contributed by atoms with Crippen molar-refractivity contribution in [3.8, 4) is 11.5 Å². The first-order valence-corrected chi connectivity index (χ1v) is 11.5. The van der Waals surface area contributed by atoms with Gasteiger partial charge in [0.05, 0.1) is 26.7 Å². The zero-order valence-corrected chi connectivity index (χ0v) is 20.3. The minimum Gasteiger partial charge on any atom is -0.493 e. The van der Waals surface area contributed by atoms with Crippen LogP contribution in [0, 0.1) is 5.92 Å². The molecule has 1 aliphatic carbocycles. The van der Waals surface area contributed by atoms with Gasteiger partial charge in [-0.3, -0.25) is 14.9 Å². The van der Waals surface area contributed by atoms with Crippen LogP contribution in [0.3, 0.4) is 0 Å². The molecular formula is C26H34N4O4. The fourth-order valence-corrected chi connectivity index (χ4v) is 4.20. The normalized spacial score (nSPS) is 16.0. The molecule has 0 bridgehead atoms. The number of nitrogens with two attached hydrogens (primary N) is 1. The molecule has 4 N–H and O–H groups in total. The number of hydrogen-bond donors (Lipinski definition) is 3. The third kappa shape index (κ3) is 6.50. The van der Waals surface area contributed by atoms with Crippen LogP contribution in [-0.4, -0.2) is 38.0 Å². The molecule has 34 heavy (non-hydrogen) atoms. The number of nitrogens with one attached hydrogen (secondary N) is 2. The van der Waals surface area contributed by atoms with E-state index in [1.807, 2.05) is 26.0 Å². The van der Waals surface area contributed by atoms with E-state index in [1.165, 1.54) is 12.7 Å². The Morgan fingerprint density at radius 2 is 1.85 bits per heavy atom. The van der Waals surface area contributed by atoms with Gasteiger partial charge in [-0.15, -0.1) is 0 Å². The molecule has 0 spiro atoms. The minimum atomic E-state index is -0.686. The predicted molar refractivity (Wildman–Crippen MR) is 132 cm³/mol. The van der Waals surface area contributed by atoms with Gasteiger partial charge in [0.2, 0.25) is 11.8 Å². The van der Waals surface area contributed by atoms with Gasteiger partial charge in [0.15, 0.2) is 17.5 Å². The van der Waals surface area contributed by atoms with Crippen LogP contribution in [0.15, 0.2) is 47.5 Å². The van der Waals surface area contributed by atoms with Crippen molar-refractivity contribution in [2.24, 2.45) is 16.6 Å². The van der Waals surface area contributed by atoms with Crippen molar-refractivity contribution < 1.29 is 19.1 Å². The van der Waals surface area contributed by atoms with Crippen LogP contribution in [0.1, 0.15) is 49.4 Å². The monoisotopic (exact) mass is 466 g/mol. The van der Waals surface area contributed by atoms with Crippen LogP contribution < -0.4 is 25.8 Å². The molecule has 8 nitrogen and oxygen atoms in total. The van der Waals surface area contributed by atoms with Crippen molar-refractivity contribution >= 4 is 17.8 Å². The van der Waals surface area contributed by atoms with Gasteiger partial charge < -0.3 is 20.5 Å². The molecule has 8 heteroatoms. The van der Waals surface area contributed by atoms with Crippen LogP contribution in [0.4, 0.5) is 0 Å². The summed E-state index contributed by atoms with van der Waals surface area (Å²) in [6.07, 6.45) is 2.40. The molecule has 0 aromatic heterocycles. The highest BCUT2D eigenvalue weighted by Crippen LogP contribution is 2.31. The maximum absolute atomic E-state index is 13.1. The van der Waals surface area contributed by atoms with Crippen LogP contribution >= 0.6 is 0 Å². The molecule has 0 heterocycles. The predicted octanol–water partition coefficient (Wildman–Crippen LogP) is 2.90. The molecule has 182 valence electrons. The Kier molecular flexibility index (Phi) is 8.51. The minimum absolute atomic E-state index is 0.0329. The summed E-state index contributed by atoms with van der Waals surface area (Å²) in [5, 5.41) is 5.72. The highest BCUT2D eigenvalue weighted by Gasteiger charge is 2.27. The number of aliphatic imine (C=N–C) groups is 1. The number of benzene rings is 2. The van der Waals surface area contributed by atoms with Crippen LogP contribution in [0.25, 0.3) is 0 Å². The lowest BCUT2D eigenvalue weighted by atomic mass is 10.0. The lowest BCUT2D eigenvalue weighted by molar-refractivity contribution is -0.123. The summed E-state index contributed by atoms with van der Waals surface area (Å²) in [5.74, 6) is 0.759. The summed E-state index contributed by atoms with van der Waals surface area (Å²) in [7, 11) is 3.09. The lowest BCUT2D eigenvalue weighted by Gasteiger charge is -2.20. The number of guanidine groups is 1. The van der Waals surface area contributed by atoms with Crippen molar-refractivity contribution in [3.63, 3.8) is 0 Å². The third-order valence-corrected chi connectivity index (χ3v) is 5.82. The Labute approximate surface area is 200 Å². The van der Waals surface area contributed by atoms with E-state index >= 15 is 0 Å². The first-order valence-electron chi connectivity index (χ1n) is 11.5. The van der Waals surface area contributed by atoms with Crippen molar-refractivity contribution in [1.82, 2.24) is 10.6 Å². The molecule has 2 atom stereocenters. The number of aryl methyl sites for hydroxylation is 1. The number of nitrogens with zero attached hydrogens (tertiary/aromatic N) is 1. The number of methoxy groups -OCH3 is 2. The van der Waals surface area contributed by atoms with E-state index in [1.54, 1.807) is 25.3 Å². The summed E-state index contributed by atoms with van der Waals surface area (Å²) in [6.45, 7) is 4.04. The molecule has 2 aromatic carbocycles. The fourth-order valence-electron chi connectivity index (χ4n) is 4.20. The number of ether oxygens (including phenoxy) is 2.